The van der Waals surface area contributed by atoms with Gasteiger partial charge in [0.1, 0.15) is 0 Å². The van der Waals surface area contributed by atoms with Gasteiger partial charge >= 0.3 is 5.97 Å². The Bertz CT molecular complexity index is 673. The van der Waals surface area contributed by atoms with E-state index in [0.717, 1.165) is 40.9 Å². The summed E-state index contributed by atoms with van der Waals surface area (Å²) in [6, 6.07) is 2.68. The molecule has 5 nitrogen and oxygen atoms in total. The van der Waals surface area contributed by atoms with Crippen molar-refractivity contribution >= 4 is 11.7 Å². The zero-order chi connectivity index (χ0) is 20.9. The second-order valence-corrected chi connectivity index (χ2v) is 8.97. The Labute approximate surface area is 170 Å². The lowest BCUT2D eigenvalue weighted by atomic mass is 9.91. The van der Waals surface area contributed by atoms with Gasteiger partial charge in [-0.2, -0.15) is 0 Å². The monoisotopic (exact) mass is 390 g/mol. The standard InChI is InChI=1S/C23H38N2O3/c1-15-14-19(21(22(26)27-6)28-23(3,4)5)16(2)20(24)18(15)12-13-25-17-10-8-7-9-11-17/h14,17,21,25H,7-13,24H2,1-6H3/t21-/m0/s1. The van der Waals surface area contributed by atoms with E-state index in [1.807, 2.05) is 33.8 Å². The Morgan fingerprint density at radius 1 is 1.25 bits per heavy atom. The Morgan fingerprint density at radius 3 is 2.46 bits per heavy atom. The van der Waals surface area contributed by atoms with Gasteiger partial charge in [-0.3, -0.25) is 0 Å². The third-order valence-corrected chi connectivity index (χ3v) is 5.59. The van der Waals surface area contributed by atoms with Crippen LogP contribution in [0.1, 0.15) is 81.2 Å². The maximum absolute atomic E-state index is 12.4. The van der Waals surface area contributed by atoms with Crippen LogP contribution in [0.4, 0.5) is 5.69 Å². The van der Waals surface area contributed by atoms with Gasteiger partial charge in [-0.15, -0.1) is 0 Å². The summed E-state index contributed by atoms with van der Waals surface area (Å²) in [5.41, 5.74) is 10.7. The fraction of sp³-hybridized carbons (Fsp3) is 0.696. The van der Waals surface area contributed by atoms with Crippen molar-refractivity contribution in [2.45, 2.75) is 90.9 Å². The normalized spacial score (nSPS) is 16.8. The van der Waals surface area contributed by atoms with Crippen molar-refractivity contribution < 1.29 is 14.3 Å². The number of carbonyl (C=O) groups is 1. The highest BCUT2D eigenvalue weighted by atomic mass is 16.6. The van der Waals surface area contributed by atoms with Crippen LogP contribution in [0.15, 0.2) is 6.07 Å². The van der Waals surface area contributed by atoms with Crippen molar-refractivity contribution in [2.24, 2.45) is 0 Å². The molecule has 1 aliphatic rings. The summed E-state index contributed by atoms with van der Waals surface area (Å²) >= 11 is 0. The summed E-state index contributed by atoms with van der Waals surface area (Å²) in [5.74, 6) is -0.399. The van der Waals surface area contributed by atoms with E-state index >= 15 is 0 Å². The molecule has 0 amide bonds. The second kappa shape index (κ2) is 9.75. The zero-order valence-corrected chi connectivity index (χ0v) is 18.5. The number of anilines is 1. The van der Waals surface area contributed by atoms with E-state index < -0.39 is 17.7 Å². The number of ether oxygens (including phenoxy) is 2. The number of nitrogens with two attached hydrogens (primary N) is 1. The Morgan fingerprint density at radius 2 is 1.89 bits per heavy atom. The van der Waals surface area contributed by atoms with Gasteiger partial charge in [-0.05, 0) is 82.7 Å². The van der Waals surface area contributed by atoms with Gasteiger partial charge in [0.15, 0.2) is 6.10 Å². The molecule has 158 valence electrons. The number of carbonyl (C=O) groups excluding carboxylic acids is 1. The van der Waals surface area contributed by atoms with Crippen LogP contribution in [0, 0.1) is 13.8 Å². The first-order valence-electron chi connectivity index (χ1n) is 10.5. The number of methoxy groups -OCH3 is 1. The van der Waals surface area contributed by atoms with Gasteiger partial charge in [0.05, 0.1) is 12.7 Å². The Balaban J connectivity index is 2.20. The number of aryl methyl sites for hydroxylation is 1. The van der Waals surface area contributed by atoms with Gasteiger partial charge in [0.2, 0.25) is 0 Å². The molecule has 0 radical (unpaired) electrons. The minimum atomic E-state index is -0.777. The van der Waals surface area contributed by atoms with Crippen molar-refractivity contribution in [1.82, 2.24) is 5.32 Å². The maximum atomic E-state index is 12.4. The van der Waals surface area contributed by atoms with E-state index in [2.05, 4.69) is 12.2 Å². The molecular formula is C23H38N2O3. The van der Waals surface area contributed by atoms with Gasteiger partial charge in [-0.25, -0.2) is 4.79 Å². The quantitative estimate of drug-likeness (QED) is 0.534. The first-order valence-corrected chi connectivity index (χ1v) is 10.5. The fourth-order valence-corrected chi connectivity index (χ4v) is 4.03. The van der Waals surface area contributed by atoms with E-state index in [1.54, 1.807) is 0 Å². The molecule has 0 aromatic heterocycles. The summed E-state index contributed by atoms with van der Waals surface area (Å²) in [7, 11) is 1.39. The van der Waals surface area contributed by atoms with Gasteiger partial charge < -0.3 is 20.5 Å². The Kier molecular flexibility index (Phi) is 7.90. The lowest BCUT2D eigenvalue weighted by molar-refractivity contribution is -0.164. The number of nitrogens with one attached hydrogen (secondary N) is 1. The largest absolute Gasteiger partial charge is 0.467 e. The molecule has 0 heterocycles. The van der Waals surface area contributed by atoms with Crippen molar-refractivity contribution in [3.8, 4) is 0 Å². The Hall–Kier alpha value is -1.59. The molecule has 3 N–H and O–H groups in total. The lowest BCUT2D eigenvalue weighted by Gasteiger charge is -2.28. The number of benzene rings is 1. The molecule has 1 aromatic rings. The summed E-state index contributed by atoms with van der Waals surface area (Å²) in [6.07, 6.45) is 6.68. The van der Waals surface area contributed by atoms with E-state index in [9.17, 15) is 4.79 Å². The van der Waals surface area contributed by atoms with Gasteiger partial charge in [-0.1, -0.05) is 25.3 Å². The topological polar surface area (TPSA) is 73.6 Å². The molecule has 2 rings (SSSR count). The van der Waals surface area contributed by atoms with Crippen molar-refractivity contribution in [1.29, 1.82) is 0 Å². The third kappa shape index (κ3) is 5.95. The van der Waals surface area contributed by atoms with Crippen molar-refractivity contribution in [3.05, 3.63) is 28.3 Å². The third-order valence-electron chi connectivity index (χ3n) is 5.59. The highest BCUT2D eigenvalue weighted by molar-refractivity contribution is 5.78. The second-order valence-electron chi connectivity index (χ2n) is 8.97. The molecule has 1 fully saturated rings. The van der Waals surface area contributed by atoms with Crippen molar-refractivity contribution in [2.75, 3.05) is 19.4 Å². The molecule has 1 aliphatic carbocycles. The molecule has 0 aliphatic heterocycles. The average Bonchev–Trinajstić information content (AvgIpc) is 2.65. The fourth-order valence-electron chi connectivity index (χ4n) is 4.03. The molecule has 0 spiro atoms. The van der Waals surface area contributed by atoms with Crippen LogP contribution in [0.25, 0.3) is 0 Å². The van der Waals surface area contributed by atoms with Crippen LogP contribution in [-0.2, 0) is 20.7 Å². The van der Waals surface area contributed by atoms with Crippen LogP contribution in [-0.4, -0.2) is 31.3 Å². The van der Waals surface area contributed by atoms with Crippen LogP contribution >= 0.6 is 0 Å². The van der Waals surface area contributed by atoms with E-state index in [1.165, 1.54) is 39.2 Å². The number of esters is 1. The summed E-state index contributed by atoms with van der Waals surface area (Å²) in [4.78, 5) is 12.4. The van der Waals surface area contributed by atoms with E-state index in [-0.39, 0.29) is 0 Å². The molecule has 5 heteroatoms. The maximum Gasteiger partial charge on any atom is 0.339 e. The number of hydrogen-bond donors (Lipinski definition) is 2. The molecule has 0 saturated heterocycles. The summed E-state index contributed by atoms with van der Waals surface area (Å²) < 4.78 is 11.0. The highest BCUT2D eigenvalue weighted by Crippen LogP contribution is 2.34. The number of nitrogen functional groups attached to an aromatic ring is 1. The first kappa shape index (κ1) is 22.7. The molecule has 0 bridgehead atoms. The van der Waals surface area contributed by atoms with Crippen molar-refractivity contribution in [3.63, 3.8) is 0 Å². The van der Waals surface area contributed by atoms with Crippen LogP contribution in [0.3, 0.4) is 0 Å². The molecular weight excluding hydrogens is 352 g/mol. The lowest BCUT2D eigenvalue weighted by Crippen LogP contribution is -2.32. The molecule has 1 aromatic carbocycles. The zero-order valence-electron chi connectivity index (χ0n) is 18.5. The molecule has 0 unspecified atom stereocenters. The number of rotatable bonds is 7. The minimum absolute atomic E-state index is 0.399. The predicted octanol–water partition coefficient (Wildman–Crippen LogP) is 4.38. The van der Waals surface area contributed by atoms with Crippen LogP contribution < -0.4 is 11.1 Å². The molecule has 1 saturated carbocycles. The molecule has 28 heavy (non-hydrogen) atoms. The van der Waals surface area contributed by atoms with Gasteiger partial charge in [0, 0.05) is 11.7 Å². The SMILES string of the molecule is COC(=O)[C@@H](OC(C)(C)C)c1cc(C)c(CCNC2CCCCC2)c(N)c1C. The minimum Gasteiger partial charge on any atom is -0.467 e. The average molecular weight is 391 g/mol. The smallest absolute Gasteiger partial charge is 0.339 e. The van der Waals surface area contributed by atoms with E-state index in [0.29, 0.717) is 6.04 Å². The number of hydrogen-bond acceptors (Lipinski definition) is 5. The van der Waals surface area contributed by atoms with Crippen LogP contribution in [0.5, 0.6) is 0 Å². The van der Waals surface area contributed by atoms with E-state index in [4.69, 9.17) is 15.2 Å². The summed E-state index contributed by atoms with van der Waals surface area (Å²) in [5, 5.41) is 3.69. The van der Waals surface area contributed by atoms with Crippen LogP contribution in [0.2, 0.25) is 0 Å². The van der Waals surface area contributed by atoms with Gasteiger partial charge in [0.25, 0.3) is 0 Å². The predicted molar refractivity (Wildman–Crippen MR) is 115 cm³/mol. The summed E-state index contributed by atoms with van der Waals surface area (Å²) in [6.45, 7) is 10.7. The highest BCUT2D eigenvalue weighted by Gasteiger charge is 2.30. The first-order chi connectivity index (χ1) is 13.1. The molecule has 1 atom stereocenters.